The molecule has 4 rings (SSSR count). The maximum atomic E-state index is 13.2. The summed E-state index contributed by atoms with van der Waals surface area (Å²) < 4.78 is 0.594. The van der Waals surface area contributed by atoms with Gasteiger partial charge in [-0.1, -0.05) is 0 Å². The van der Waals surface area contributed by atoms with E-state index in [1.54, 1.807) is 18.2 Å². The Morgan fingerprint density at radius 2 is 2.12 bits per heavy atom. The van der Waals surface area contributed by atoms with E-state index < -0.39 is 12.1 Å². The van der Waals surface area contributed by atoms with Crippen LogP contribution in [0.15, 0.2) is 18.2 Å². The zero-order valence-electron chi connectivity index (χ0n) is 12.9. The number of hydrogen-bond acceptors (Lipinski definition) is 5. The lowest BCUT2D eigenvalue weighted by Gasteiger charge is -2.32. The number of carbonyl (C=O) groups is 3. The number of halogens is 1. The second-order valence-corrected chi connectivity index (χ2v) is 7.64. The summed E-state index contributed by atoms with van der Waals surface area (Å²) in [6.07, 6.45) is 0. The minimum Gasteiger partial charge on any atom is -0.293 e. The van der Waals surface area contributed by atoms with Crippen LogP contribution in [-0.4, -0.2) is 58.9 Å². The number of nitriles is 1. The van der Waals surface area contributed by atoms with E-state index in [0.29, 0.717) is 34.6 Å². The van der Waals surface area contributed by atoms with Crippen LogP contribution in [0, 0.1) is 14.9 Å². The van der Waals surface area contributed by atoms with Crippen LogP contribution in [0.3, 0.4) is 0 Å². The molecule has 122 valence electrons. The normalized spacial score (nSPS) is 33.7. The van der Waals surface area contributed by atoms with Crippen LogP contribution in [0.5, 0.6) is 0 Å². The summed E-state index contributed by atoms with van der Waals surface area (Å²) in [5.74, 6) is -0.312. The van der Waals surface area contributed by atoms with Crippen LogP contribution in [0.25, 0.3) is 0 Å². The van der Waals surface area contributed by atoms with Crippen molar-refractivity contribution in [2.45, 2.75) is 19.0 Å². The molecule has 1 spiro atoms. The number of fused-ring (bicyclic) bond motifs is 1. The molecule has 1 aromatic carbocycles. The fraction of sp³-hybridized carbons (Fsp3) is 0.375. The van der Waals surface area contributed by atoms with Crippen LogP contribution >= 0.6 is 22.6 Å². The van der Waals surface area contributed by atoms with Gasteiger partial charge < -0.3 is 0 Å². The fourth-order valence-corrected chi connectivity index (χ4v) is 4.79. The zero-order valence-corrected chi connectivity index (χ0v) is 15.1. The molecule has 3 fully saturated rings. The Balaban J connectivity index is 1.79. The molecular weight excluding hydrogens is 423 g/mol. The number of benzene rings is 1. The molecule has 3 aliphatic rings. The highest BCUT2D eigenvalue weighted by Crippen LogP contribution is 2.43. The number of piperazine rings is 1. The van der Waals surface area contributed by atoms with Gasteiger partial charge in [-0.25, -0.2) is 14.2 Å². The van der Waals surface area contributed by atoms with Crippen molar-refractivity contribution in [3.63, 3.8) is 0 Å². The number of hydrogen-bond donors (Lipinski definition) is 0. The predicted molar refractivity (Wildman–Crippen MR) is 91.7 cm³/mol. The topological polar surface area (TPSA) is 81.5 Å². The van der Waals surface area contributed by atoms with Crippen LogP contribution in [0.4, 0.5) is 10.5 Å². The van der Waals surface area contributed by atoms with Crippen molar-refractivity contribution in [2.24, 2.45) is 0 Å². The molecule has 0 radical (unpaired) electrons. The van der Waals surface area contributed by atoms with Crippen molar-refractivity contribution in [2.75, 3.05) is 24.7 Å². The molecular formula is C16H14IN4O3+. The quantitative estimate of drug-likeness (QED) is 0.393. The maximum Gasteiger partial charge on any atom is 0.433 e. The minimum atomic E-state index is -0.506. The number of anilines is 1. The Bertz CT molecular complexity index is 848. The first-order chi connectivity index (χ1) is 11.4. The van der Waals surface area contributed by atoms with Crippen molar-refractivity contribution < 1.29 is 18.9 Å². The summed E-state index contributed by atoms with van der Waals surface area (Å²) in [5, 5.41) is 9.04. The van der Waals surface area contributed by atoms with Gasteiger partial charge in [0, 0.05) is 10.5 Å². The molecule has 7 nitrogen and oxygen atoms in total. The van der Waals surface area contributed by atoms with Gasteiger partial charge in [-0.05, 0) is 40.8 Å². The van der Waals surface area contributed by atoms with E-state index in [1.807, 2.05) is 27.5 Å². The molecule has 3 aliphatic heterocycles. The average molecular weight is 437 g/mol. The lowest BCUT2D eigenvalue weighted by molar-refractivity contribution is -0.852. The van der Waals surface area contributed by atoms with Crippen LogP contribution in [0.1, 0.15) is 12.5 Å². The smallest absolute Gasteiger partial charge is 0.293 e. The minimum absolute atomic E-state index is 0.0559. The summed E-state index contributed by atoms with van der Waals surface area (Å²) in [6.45, 7) is 2.95. The van der Waals surface area contributed by atoms with Crippen LogP contribution < -0.4 is 4.90 Å². The lowest BCUT2D eigenvalue weighted by atomic mass is 10.1. The molecule has 2 bridgehead atoms. The largest absolute Gasteiger partial charge is 0.433 e. The molecule has 0 N–H and O–H groups in total. The first kappa shape index (κ1) is 15.7. The van der Waals surface area contributed by atoms with Gasteiger partial charge in [-0.2, -0.15) is 10.2 Å². The van der Waals surface area contributed by atoms with E-state index in [2.05, 4.69) is 6.07 Å². The van der Waals surface area contributed by atoms with Gasteiger partial charge in [0.05, 0.1) is 24.3 Å². The summed E-state index contributed by atoms with van der Waals surface area (Å²) >= 11 is 2.02. The Morgan fingerprint density at radius 3 is 2.75 bits per heavy atom. The van der Waals surface area contributed by atoms with Gasteiger partial charge in [0.2, 0.25) is 0 Å². The molecule has 0 aromatic heterocycles. The van der Waals surface area contributed by atoms with Crippen molar-refractivity contribution in [3.05, 3.63) is 27.3 Å². The molecule has 3 amide bonds. The highest BCUT2D eigenvalue weighted by Gasteiger charge is 2.72. The summed E-state index contributed by atoms with van der Waals surface area (Å²) in [4.78, 5) is 41.4. The molecule has 8 heteroatoms. The molecule has 3 unspecified atom stereocenters. The number of rotatable bonds is 2. The number of carbonyl (C=O) groups excluding carboxylic acids is 3. The first-order valence-corrected chi connectivity index (χ1v) is 8.66. The molecule has 3 saturated heterocycles. The van der Waals surface area contributed by atoms with Crippen molar-refractivity contribution in [1.29, 1.82) is 5.26 Å². The van der Waals surface area contributed by atoms with Crippen molar-refractivity contribution in [1.82, 2.24) is 4.90 Å². The number of amides is 3. The van der Waals surface area contributed by atoms with Gasteiger partial charge in [-0.3, -0.25) is 9.59 Å². The zero-order chi connectivity index (χ0) is 17.2. The van der Waals surface area contributed by atoms with Gasteiger partial charge >= 0.3 is 6.03 Å². The van der Waals surface area contributed by atoms with Crippen molar-refractivity contribution in [3.8, 4) is 6.07 Å². The highest BCUT2D eigenvalue weighted by molar-refractivity contribution is 14.1. The predicted octanol–water partition coefficient (Wildman–Crippen LogP) is 1.06. The van der Waals surface area contributed by atoms with Crippen molar-refractivity contribution >= 4 is 46.0 Å². The maximum absolute atomic E-state index is 13.2. The number of imide groups is 1. The molecule has 0 saturated carbocycles. The molecule has 24 heavy (non-hydrogen) atoms. The van der Waals surface area contributed by atoms with E-state index in [0.717, 1.165) is 0 Å². The summed E-state index contributed by atoms with van der Waals surface area (Å²) in [5.41, 5.74) is 0.969. The molecule has 4 atom stereocenters. The van der Waals surface area contributed by atoms with Crippen LogP contribution in [0.2, 0.25) is 0 Å². The third-order valence-corrected chi connectivity index (χ3v) is 6.15. The van der Waals surface area contributed by atoms with Gasteiger partial charge in [-0.15, -0.1) is 0 Å². The number of urea groups is 1. The molecule has 0 aliphatic carbocycles. The second kappa shape index (κ2) is 5.08. The molecule has 1 aromatic rings. The van der Waals surface area contributed by atoms with E-state index >= 15 is 0 Å². The standard InChI is InChI=1S/C16H14IN4O3/c1-9(22)13-6-19-7-14-15(23)20(16(24)21(13,14)8-19)11-3-2-10(5-18)12(17)4-11/h2-4,13-14H,6-8H2,1H3/q+1. The fourth-order valence-electron chi connectivity index (χ4n) is 4.17. The van der Waals surface area contributed by atoms with Crippen LogP contribution in [-0.2, 0) is 9.59 Å². The Hall–Kier alpha value is -1.83. The SMILES string of the molecule is CC(=O)C1C[N@@]2CC3C(=O)N(c4ccc(C#N)c(I)c4)C(=O)[N+]13C2. The van der Waals surface area contributed by atoms with E-state index in [1.165, 1.54) is 11.8 Å². The summed E-state index contributed by atoms with van der Waals surface area (Å²) in [6, 6.07) is 5.67. The number of nitrogens with zero attached hydrogens (tertiary/aromatic N) is 4. The van der Waals surface area contributed by atoms with Gasteiger partial charge in [0.1, 0.15) is 12.7 Å². The molecule has 3 heterocycles. The Morgan fingerprint density at radius 1 is 1.38 bits per heavy atom. The third kappa shape index (κ3) is 1.80. The first-order valence-electron chi connectivity index (χ1n) is 7.58. The van der Waals surface area contributed by atoms with Gasteiger partial charge in [0.25, 0.3) is 5.91 Å². The monoisotopic (exact) mass is 437 g/mol. The average Bonchev–Trinajstić information content (AvgIpc) is 3.17. The number of quaternary nitrogens is 1. The number of Topliss-reactive ketones (excluding diaryl/α,β-unsaturated/α-hetero) is 1. The third-order valence-electron chi connectivity index (χ3n) is 5.26. The highest BCUT2D eigenvalue weighted by atomic mass is 127. The number of ketones is 1. The van der Waals surface area contributed by atoms with E-state index in [-0.39, 0.29) is 22.2 Å². The van der Waals surface area contributed by atoms with Gasteiger partial charge in [0.15, 0.2) is 17.9 Å². The Kier molecular flexibility index (Phi) is 3.32. The second-order valence-electron chi connectivity index (χ2n) is 6.48. The Labute approximate surface area is 152 Å². The van der Waals surface area contributed by atoms with E-state index in [9.17, 15) is 14.4 Å². The summed E-state index contributed by atoms with van der Waals surface area (Å²) in [7, 11) is 0. The van der Waals surface area contributed by atoms with E-state index in [4.69, 9.17) is 5.26 Å². The lowest BCUT2D eigenvalue weighted by Crippen LogP contribution is -2.61.